The summed E-state index contributed by atoms with van der Waals surface area (Å²) in [5, 5.41) is 7.94. The number of hydrogen-bond donors (Lipinski definition) is 0. The lowest BCUT2D eigenvalue weighted by atomic mass is 9.85. The van der Waals surface area contributed by atoms with Crippen molar-refractivity contribution in [2.75, 3.05) is 7.05 Å². The first kappa shape index (κ1) is 17.4. The minimum absolute atomic E-state index is 0.0375. The van der Waals surface area contributed by atoms with Crippen molar-refractivity contribution in [3.05, 3.63) is 47.9 Å². The monoisotopic (exact) mass is 367 g/mol. The Morgan fingerprint density at radius 2 is 1.96 bits per heavy atom. The number of aryl methyl sites for hydroxylation is 1. The Bertz CT molecular complexity index is 901. The summed E-state index contributed by atoms with van der Waals surface area (Å²) in [6.45, 7) is 0.328. The van der Waals surface area contributed by atoms with Gasteiger partial charge in [-0.1, -0.05) is 47.1 Å². The van der Waals surface area contributed by atoms with E-state index in [1.54, 1.807) is 11.9 Å². The van der Waals surface area contributed by atoms with Gasteiger partial charge < -0.3 is 13.9 Å². The van der Waals surface area contributed by atoms with Gasteiger partial charge in [0.05, 0.1) is 6.54 Å². The van der Waals surface area contributed by atoms with Crippen LogP contribution in [0.15, 0.2) is 39.4 Å². The Balaban J connectivity index is 1.28. The van der Waals surface area contributed by atoms with E-state index in [1.165, 1.54) is 6.42 Å². The molecular weight excluding hydrogens is 346 g/mol. The van der Waals surface area contributed by atoms with Crippen molar-refractivity contribution in [1.29, 1.82) is 0 Å². The molecule has 2 heterocycles. The van der Waals surface area contributed by atoms with Crippen molar-refractivity contribution in [1.82, 2.24) is 25.2 Å². The highest BCUT2D eigenvalue weighted by molar-refractivity contribution is 5.75. The molecule has 1 amide bonds. The zero-order chi connectivity index (χ0) is 18.6. The fourth-order valence-corrected chi connectivity index (χ4v) is 2.92. The Labute approximate surface area is 156 Å². The highest BCUT2D eigenvalue weighted by atomic mass is 16.5. The van der Waals surface area contributed by atoms with Crippen LogP contribution in [0.4, 0.5) is 0 Å². The van der Waals surface area contributed by atoms with Crippen molar-refractivity contribution in [2.24, 2.45) is 0 Å². The van der Waals surface area contributed by atoms with E-state index in [2.05, 4.69) is 20.3 Å². The van der Waals surface area contributed by atoms with Crippen LogP contribution in [0.25, 0.3) is 11.4 Å². The van der Waals surface area contributed by atoms with Gasteiger partial charge in [0.2, 0.25) is 23.5 Å². The molecule has 0 bridgehead atoms. The van der Waals surface area contributed by atoms with Crippen LogP contribution in [-0.2, 0) is 17.8 Å². The quantitative estimate of drug-likeness (QED) is 0.633. The van der Waals surface area contributed by atoms with Crippen LogP contribution in [0.5, 0.6) is 0 Å². The number of carbonyl (C=O) groups excluding carboxylic acids is 1. The lowest BCUT2D eigenvalue weighted by Crippen LogP contribution is -2.27. The third-order valence-corrected chi connectivity index (χ3v) is 4.80. The van der Waals surface area contributed by atoms with Crippen molar-refractivity contribution in [3.63, 3.8) is 0 Å². The Kier molecular flexibility index (Phi) is 4.95. The van der Waals surface area contributed by atoms with Crippen LogP contribution in [0.3, 0.4) is 0 Å². The van der Waals surface area contributed by atoms with Crippen molar-refractivity contribution in [3.8, 4) is 11.4 Å². The number of nitrogens with zero attached hydrogens (tertiary/aromatic N) is 5. The molecule has 3 aromatic rings. The van der Waals surface area contributed by atoms with Gasteiger partial charge in [0, 0.05) is 31.4 Å². The average molecular weight is 367 g/mol. The lowest BCUT2D eigenvalue weighted by molar-refractivity contribution is -0.130. The Morgan fingerprint density at radius 3 is 2.70 bits per heavy atom. The van der Waals surface area contributed by atoms with E-state index in [9.17, 15) is 4.79 Å². The molecule has 2 aromatic heterocycles. The summed E-state index contributed by atoms with van der Waals surface area (Å²) in [7, 11) is 1.73. The van der Waals surface area contributed by atoms with Gasteiger partial charge in [-0.05, 0) is 12.8 Å². The molecule has 0 atom stereocenters. The van der Waals surface area contributed by atoms with E-state index in [4.69, 9.17) is 9.05 Å². The van der Waals surface area contributed by atoms with Gasteiger partial charge in [0.1, 0.15) is 0 Å². The highest BCUT2D eigenvalue weighted by Gasteiger charge is 2.25. The van der Waals surface area contributed by atoms with Gasteiger partial charge in [-0.3, -0.25) is 4.79 Å². The molecule has 1 aromatic carbocycles. The maximum absolute atomic E-state index is 12.4. The largest absolute Gasteiger partial charge is 0.339 e. The molecule has 8 heteroatoms. The maximum Gasteiger partial charge on any atom is 0.229 e. The molecule has 0 radical (unpaired) electrons. The number of amides is 1. The van der Waals surface area contributed by atoms with Gasteiger partial charge in [-0.15, -0.1) is 0 Å². The van der Waals surface area contributed by atoms with Crippen LogP contribution in [0.1, 0.15) is 49.2 Å². The van der Waals surface area contributed by atoms with Crippen molar-refractivity contribution < 1.29 is 13.8 Å². The Morgan fingerprint density at radius 1 is 1.15 bits per heavy atom. The van der Waals surface area contributed by atoms with Gasteiger partial charge in [0.25, 0.3) is 0 Å². The topological polar surface area (TPSA) is 98.2 Å². The summed E-state index contributed by atoms with van der Waals surface area (Å²) in [6.07, 6.45) is 4.09. The van der Waals surface area contributed by atoms with Gasteiger partial charge in [-0.2, -0.15) is 9.97 Å². The number of aromatic nitrogens is 4. The number of hydrogen-bond acceptors (Lipinski definition) is 7. The van der Waals surface area contributed by atoms with Crippen molar-refractivity contribution >= 4 is 5.91 Å². The fourth-order valence-electron chi connectivity index (χ4n) is 2.92. The van der Waals surface area contributed by atoms with Gasteiger partial charge >= 0.3 is 0 Å². The summed E-state index contributed by atoms with van der Waals surface area (Å²) in [6, 6.07) is 9.58. The Hall–Kier alpha value is -3.03. The van der Waals surface area contributed by atoms with Crippen LogP contribution in [0, 0.1) is 0 Å². The third-order valence-electron chi connectivity index (χ3n) is 4.80. The zero-order valence-electron chi connectivity index (χ0n) is 15.2. The van der Waals surface area contributed by atoms with E-state index in [0.29, 0.717) is 42.3 Å². The predicted molar refractivity (Wildman–Crippen MR) is 95.4 cm³/mol. The molecule has 1 saturated carbocycles. The second kappa shape index (κ2) is 7.69. The number of benzene rings is 1. The normalized spacial score (nSPS) is 14.1. The molecule has 27 heavy (non-hydrogen) atoms. The molecule has 0 spiro atoms. The molecule has 8 nitrogen and oxygen atoms in total. The molecule has 140 valence electrons. The summed E-state index contributed by atoms with van der Waals surface area (Å²) >= 11 is 0. The molecule has 0 N–H and O–H groups in total. The van der Waals surface area contributed by atoms with Crippen LogP contribution in [-0.4, -0.2) is 38.1 Å². The molecule has 0 saturated heterocycles. The predicted octanol–water partition coefficient (Wildman–Crippen LogP) is 2.98. The molecule has 1 aliphatic rings. The minimum atomic E-state index is -0.0375. The summed E-state index contributed by atoms with van der Waals surface area (Å²) < 4.78 is 10.5. The lowest BCUT2D eigenvalue weighted by Gasteiger charge is -2.20. The van der Waals surface area contributed by atoms with Gasteiger partial charge in [-0.25, -0.2) is 0 Å². The maximum atomic E-state index is 12.4. The van der Waals surface area contributed by atoms with E-state index >= 15 is 0 Å². The van der Waals surface area contributed by atoms with Crippen LogP contribution < -0.4 is 0 Å². The second-order valence-electron chi connectivity index (χ2n) is 6.80. The number of rotatable bonds is 7. The van der Waals surface area contributed by atoms with Crippen LogP contribution in [0.2, 0.25) is 0 Å². The molecule has 0 aliphatic heterocycles. The van der Waals surface area contributed by atoms with E-state index < -0.39 is 0 Å². The molecule has 0 unspecified atom stereocenters. The molecule has 1 fully saturated rings. The zero-order valence-corrected chi connectivity index (χ0v) is 15.2. The fraction of sp³-hybridized carbons (Fsp3) is 0.421. The first-order valence-electron chi connectivity index (χ1n) is 9.13. The second-order valence-corrected chi connectivity index (χ2v) is 6.80. The average Bonchev–Trinajstić information content (AvgIpc) is 3.29. The number of carbonyl (C=O) groups is 1. The molecule has 1 aliphatic carbocycles. The first-order chi connectivity index (χ1) is 13.2. The SMILES string of the molecule is CN(Cc1noc(C2CCC2)n1)C(=O)CCc1nc(-c2ccccc2)no1. The van der Waals surface area contributed by atoms with E-state index in [1.807, 2.05) is 30.3 Å². The van der Waals surface area contributed by atoms with E-state index in [0.717, 1.165) is 18.4 Å². The molecular formula is C19H21N5O3. The molecule has 4 rings (SSSR count). The standard InChI is InChI=1S/C19H21N5O3/c1-24(12-15-20-19(27-22-15)14-8-5-9-14)17(25)11-10-16-21-18(23-26-16)13-6-3-2-4-7-13/h2-4,6-7,14H,5,8-12H2,1H3. The smallest absolute Gasteiger partial charge is 0.229 e. The first-order valence-corrected chi connectivity index (χ1v) is 9.13. The summed E-state index contributed by atoms with van der Waals surface area (Å²) in [4.78, 5) is 22.7. The van der Waals surface area contributed by atoms with E-state index in [-0.39, 0.29) is 12.3 Å². The third kappa shape index (κ3) is 4.05. The van der Waals surface area contributed by atoms with Crippen molar-refractivity contribution in [2.45, 2.75) is 44.6 Å². The summed E-state index contributed by atoms with van der Waals surface area (Å²) in [5.41, 5.74) is 0.885. The highest BCUT2D eigenvalue weighted by Crippen LogP contribution is 2.35. The van der Waals surface area contributed by atoms with Crippen LogP contribution >= 0.6 is 0 Å². The minimum Gasteiger partial charge on any atom is -0.339 e. The summed E-state index contributed by atoms with van der Waals surface area (Å²) in [5.74, 6) is 2.56. The van der Waals surface area contributed by atoms with Gasteiger partial charge in [0.15, 0.2) is 5.82 Å².